The van der Waals surface area contributed by atoms with Crippen molar-refractivity contribution in [3.63, 3.8) is 0 Å². The predicted molar refractivity (Wildman–Crippen MR) is 92.8 cm³/mol. The van der Waals surface area contributed by atoms with Gasteiger partial charge in [-0.25, -0.2) is 0 Å². The molecule has 3 rings (SSSR count). The molecule has 0 radical (unpaired) electrons. The van der Waals surface area contributed by atoms with Gasteiger partial charge in [-0.05, 0) is 42.0 Å². The first kappa shape index (κ1) is 14.4. The molecule has 0 saturated heterocycles. The molecular weight excluding hydrogens is 348 g/mol. The van der Waals surface area contributed by atoms with Gasteiger partial charge in [-0.3, -0.25) is 0 Å². The van der Waals surface area contributed by atoms with Gasteiger partial charge >= 0.3 is 0 Å². The maximum absolute atomic E-state index is 5.71. The highest BCUT2D eigenvalue weighted by molar-refractivity contribution is 9.10. The zero-order valence-electron chi connectivity index (χ0n) is 11.4. The third-order valence-corrected chi connectivity index (χ3v) is 4.00. The number of hydrogen-bond acceptors (Lipinski definition) is 2. The normalized spacial score (nSPS) is 12.4. The number of anilines is 1. The number of benzene rings is 2. The summed E-state index contributed by atoms with van der Waals surface area (Å²) in [6.45, 7) is 1.39. The smallest absolute Gasteiger partial charge is 0.171 e. The van der Waals surface area contributed by atoms with Gasteiger partial charge < -0.3 is 15.4 Å². The van der Waals surface area contributed by atoms with E-state index in [-0.39, 0.29) is 0 Å². The molecule has 0 unspecified atom stereocenters. The lowest BCUT2D eigenvalue weighted by Crippen LogP contribution is -2.28. The Bertz CT molecular complexity index is 661. The fraction of sp³-hybridized carbons (Fsp3) is 0.188. The van der Waals surface area contributed by atoms with Gasteiger partial charge in [-0.2, -0.15) is 0 Å². The molecule has 0 amide bonds. The minimum atomic E-state index is 0.605. The molecule has 1 aliphatic heterocycles. The fourth-order valence-corrected chi connectivity index (χ4v) is 3.09. The Labute approximate surface area is 137 Å². The minimum Gasteiger partial charge on any atom is -0.493 e. The van der Waals surface area contributed by atoms with Crippen LogP contribution in [0.25, 0.3) is 0 Å². The Kier molecular flexibility index (Phi) is 4.41. The average molecular weight is 363 g/mol. The molecule has 0 fully saturated rings. The van der Waals surface area contributed by atoms with E-state index in [2.05, 4.69) is 38.7 Å². The van der Waals surface area contributed by atoms with Crippen LogP contribution in [-0.2, 0) is 13.0 Å². The van der Waals surface area contributed by atoms with Crippen LogP contribution in [0.1, 0.15) is 11.1 Å². The first-order valence-electron chi connectivity index (χ1n) is 6.76. The van der Waals surface area contributed by atoms with Crippen LogP contribution in [0.15, 0.2) is 46.9 Å². The van der Waals surface area contributed by atoms with Gasteiger partial charge in [0.15, 0.2) is 5.11 Å². The number of hydrogen-bond donors (Lipinski definition) is 2. The van der Waals surface area contributed by atoms with E-state index in [4.69, 9.17) is 17.0 Å². The molecule has 1 aliphatic rings. The lowest BCUT2D eigenvalue weighted by Gasteiger charge is -2.13. The van der Waals surface area contributed by atoms with Crippen molar-refractivity contribution in [1.29, 1.82) is 0 Å². The first-order chi connectivity index (χ1) is 10.2. The third kappa shape index (κ3) is 3.54. The topological polar surface area (TPSA) is 33.3 Å². The van der Waals surface area contributed by atoms with Crippen LogP contribution in [0.5, 0.6) is 5.75 Å². The molecule has 0 atom stereocenters. The van der Waals surface area contributed by atoms with E-state index in [1.54, 1.807) is 0 Å². The maximum atomic E-state index is 5.71. The molecule has 2 N–H and O–H groups in total. The van der Waals surface area contributed by atoms with Crippen LogP contribution in [0.4, 0.5) is 5.69 Å². The Balaban J connectivity index is 1.64. The van der Waals surface area contributed by atoms with Crippen LogP contribution in [0.3, 0.4) is 0 Å². The second kappa shape index (κ2) is 6.45. The van der Waals surface area contributed by atoms with Gasteiger partial charge in [0.1, 0.15) is 5.75 Å². The molecule has 2 aromatic rings. The van der Waals surface area contributed by atoms with Crippen LogP contribution < -0.4 is 15.4 Å². The second-order valence-corrected chi connectivity index (χ2v) is 6.15. The number of para-hydroxylation sites is 1. The summed E-state index contributed by atoms with van der Waals surface area (Å²) >= 11 is 8.87. The highest BCUT2D eigenvalue weighted by atomic mass is 79.9. The highest BCUT2D eigenvalue weighted by Gasteiger charge is 2.17. The molecule has 108 valence electrons. The molecule has 0 saturated carbocycles. The molecule has 0 bridgehead atoms. The van der Waals surface area contributed by atoms with Crippen LogP contribution in [-0.4, -0.2) is 11.7 Å². The summed E-state index contributed by atoms with van der Waals surface area (Å²) < 4.78 is 6.79. The molecule has 1 heterocycles. The van der Waals surface area contributed by atoms with Crippen molar-refractivity contribution in [1.82, 2.24) is 5.32 Å². The zero-order chi connectivity index (χ0) is 14.7. The Hall–Kier alpha value is -1.59. The Morgan fingerprint density at radius 2 is 2.05 bits per heavy atom. The van der Waals surface area contributed by atoms with Gasteiger partial charge in [-0.15, -0.1) is 0 Å². The van der Waals surface area contributed by atoms with Crippen LogP contribution in [0, 0.1) is 0 Å². The van der Waals surface area contributed by atoms with Crippen molar-refractivity contribution < 1.29 is 4.74 Å². The molecule has 0 aliphatic carbocycles. The van der Waals surface area contributed by atoms with Crippen LogP contribution in [0.2, 0.25) is 0 Å². The monoisotopic (exact) mass is 362 g/mol. The number of ether oxygens (including phenoxy) is 1. The van der Waals surface area contributed by atoms with Crippen LogP contribution >= 0.6 is 28.1 Å². The molecule has 0 spiro atoms. The predicted octanol–water partition coefficient (Wildman–Crippen LogP) is 3.87. The maximum Gasteiger partial charge on any atom is 0.171 e. The van der Waals surface area contributed by atoms with Crippen molar-refractivity contribution >= 4 is 38.9 Å². The number of nitrogens with one attached hydrogen (secondary N) is 2. The van der Waals surface area contributed by atoms with Gasteiger partial charge in [0, 0.05) is 28.7 Å². The summed E-state index contributed by atoms with van der Waals surface area (Å²) in [6.07, 6.45) is 0.967. The Morgan fingerprint density at radius 1 is 1.24 bits per heavy atom. The zero-order valence-corrected chi connectivity index (χ0v) is 13.8. The second-order valence-electron chi connectivity index (χ2n) is 4.83. The van der Waals surface area contributed by atoms with Gasteiger partial charge in [0.2, 0.25) is 0 Å². The number of thiocarbonyl (C=S) groups is 1. The molecule has 3 nitrogen and oxygen atoms in total. The largest absolute Gasteiger partial charge is 0.493 e. The fourth-order valence-electron chi connectivity index (χ4n) is 2.35. The molecule has 21 heavy (non-hydrogen) atoms. The van der Waals surface area contributed by atoms with Gasteiger partial charge in [-0.1, -0.05) is 34.1 Å². The summed E-state index contributed by atoms with van der Waals surface area (Å²) in [5, 5.41) is 6.99. The highest BCUT2D eigenvalue weighted by Crippen LogP contribution is 2.32. The van der Waals surface area contributed by atoms with Crippen molar-refractivity contribution in [3.05, 3.63) is 58.1 Å². The first-order valence-corrected chi connectivity index (χ1v) is 7.96. The summed E-state index contributed by atoms with van der Waals surface area (Å²) in [5.41, 5.74) is 3.35. The molecule has 0 aromatic heterocycles. The van der Waals surface area contributed by atoms with E-state index in [0.717, 1.165) is 34.5 Å². The number of halogens is 1. The molecular formula is C16H15BrN2OS. The van der Waals surface area contributed by atoms with Crippen molar-refractivity contribution in [2.24, 2.45) is 0 Å². The van der Waals surface area contributed by atoms with E-state index in [1.807, 2.05) is 30.3 Å². The SMILES string of the molecule is S=C(NCc1cc(Br)cc2c1OCC2)Nc1ccccc1. The Morgan fingerprint density at radius 3 is 2.86 bits per heavy atom. The minimum absolute atomic E-state index is 0.605. The third-order valence-electron chi connectivity index (χ3n) is 3.30. The summed E-state index contributed by atoms with van der Waals surface area (Å²) in [4.78, 5) is 0. The van der Waals surface area contributed by atoms with E-state index < -0.39 is 0 Å². The van der Waals surface area contributed by atoms with Gasteiger partial charge in [0.25, 0.3) is 0 Å². The molecule has 2 aromatic carbocycles. The lowest BCUT2D eigenvalue weighted by molar-refractivity contribution is 0.353. The summed E-state index contributed by atoms with van der Waals surface area (Å²) in [6, 6.07) is 14.1. The van der Waals surface area contributed by atoms with Crippen molar-refractivity contribution in [2.75, 3.05) is 11.9 Å². The van der Waals surface area contributed by atoms with Crippen molar-refractivity contribution in [3.8, 4) is 5.75 Å². The summed E-state index contributed by atoms with van der Waals surface area (Å²) in [5.74, 6) is 0.994. The van der Waals surface area contributed by atoms with E-state index in [1.165, 1.54) is 5.56 Å². The lowest BCUT2D eigenvalue weighted by atomic mass is 10.1. The standard InChI is InChI=1S/C16H15BrN2OS/c17-13-8-11-6-7-20-15(11)12(9-13)10-18-16(21)19-14-4-2-1-3-5-14/h1-5,8-9H,6-7,10H2,(H2,18,19,21). The average Bonchev–Trinajstić information content (AvgIpc) is 2.94. The summed E-state index contributed by atoms with van der Waals surface area (Å²) in [7, 11) is 0. The number of rotatable bonds is 3. The number of fused-ring (bicyclic) bond motifs is 1. The van der Waals surface area contributed by atoms with Crippen molar-refractivity contribution in [2.45, 2.75) is 13.0 Å². The van der Waals surface area contributed by atoms with E-state index in [0.29, 0.717) is 11.7 Å². The quantitative estimate of drug-likeness (QED) is 0.812. The molecule has 5 heteroatoms. The van der Waals surface area contributed by atoms with E-state index >= 15 is 0 Å². The van der Waals surface area contributed by atoms with E-state index in [9.17, 15) is 0 Å². The van der Waals surface area contributed by atoms with Gasteiger partial charge in [0.05, 0.1) is 6.61 Å².